The Kier molecular flexibility index (Phi) is 2.64. The Morgan fingerprint density at radius 1 is 1.71 bits per heavy atom. The predicted octanol–water partition coefficient (Wildman–Crippen LogP) is 0.850. The van der Waals surface area contributed by atoms with Crippen LogP contribution in [0.25, 0.3) is 0 Å². The van der Waals surface area contributed by atoms with Gasteiger partial charge >= 0.3 is 36.6 Å². The molecule has 0 saturated heterocycles. The van der Waals surface area contributed by atoms with Crippen molar-refractivity contribution in [1.82, 2.24) is 0 Å². The van der Waals surface area contributed by atoms with E-state index in [-0.39, 0.29) is 6.29 Å². The van der Waals surface area contributed by atoms with Gasteiger partial charge in [0.25, 0.3) is 0 Å². The minimum atomic E-state index is -0.0207. The molecule has 0 aliphatic heterocycles. The van der Waals surface area contributed by atoms with E-state index < -0.39 is 0 Å². The van der Waals surface area contributed by atoms with Gasteiger partial charge in [0.1, 0.15) is 0 Å². The van der Waals surface area contributed by atoms with Crippen LogP contribution in [-0.4, -0.2) is 13.4 Å². The monoisotopic (exact) mass is 347 g/mol. The van der Waals surface area contributed by atoms with Crippen LogP contribution < -0.4 is 0 Å². The molecule has 0 aromatic rings. The molecule has 0 N–H and O–H groups in total. The van der Waals surface area contributed by atoms with Crippen molar-refractivity contribution < 1.29 is 9.84 Å². The van der Waals surface area contributed by atoms with E-state index in [1.165, 1.54) is 0 Å². The zero-order valence-electron chi connectivity index (χ0n) is 4.38. The number of methoxy groups -OCH3 is 1. The molecule has 2 nitrogen and oxygen atoms in total. The van der Waals surface area contributed by atoms with E-state index in [4.69, 9.17) is 9.84 Å². The quantitative estimate of drug-likeness (QED) is 0.705. The van der Waals surface area contributed by atoms with Gasteiger partial charge in [-0.3, -0.25) is 0 Å². The molecular formula is C4H9MdO2. The van der Waals surface area contributed by atoms with E-state index in [2.05, 4.69) is 0 Å². The third kappa shape index (κ3) is 1.73. The summed E-state index contributed by atoms with van der Waals surface area (Å²) in [6, 6.07) is 0. The summed E-state index contributed by atoms with van der Waals surface area (Å²) in [6.07, 6.45) is 0.885. The van der Waals surface area contributed by atoms with Crippen LogP contribution in [0.5, 0.6) is 0 Å². The summed E-state index contributed by atoms with van der Waals surface area (Å²) in [6.45, 7) is 2.01. The summed E-state index contributed by atoms with van der Waals surface area (Å²) < 4.78 is 6.56. The van der Waals surface area contributed by atoms with Crippen molar-refractivity contribution in [3.63, 3.8) is 0 Å². The molecule has 0 fully saturated rings. The first-order valence-electron chi connectivity index (χ1n) is 2.11. The molecule has 0 radical (unpaired) electrons. The number of ether oxygens (including phenoxy) is 1. The average Bonchev–Trinajstić information content (AvgIpc) is 1.72. The molecule has 3 heteroatoms. The second-order valence-corrected chi connectivity index (χ2v) is 1.68. The van der Waals surface area contributed by atoms with Gasteiger partial charge in [-0.25, -0.2) is 0 Å². The van der Waals surface area contributed by atoms with Gasteiger partial charge in [0.2, 0.25) is 0 Å². The zero-order valence-corrected chi connectivity index (χ0v) is 6.69. The van der Waals surface area contributed by atoms with Crippen LogP contribution >= 0.6 is 0 Å². The summed E-state index contributed by atoms with van der Waals surface area (Å²) in [5.41, 5.74) is 0. The maximum atomic E-state index is 4.82. The molecule has 0 heterocycles. The van der Waals surface area contributed by atoms with E-state index in [0.717, 1.165) is 6.42 Å². The minimum absolute atomic E-state index is 0.0207. The fourth-order valence-electron chi connectivity index (χ4n) is 0.240. The van der Waals surface area contributed by atoms with Crippen LogP contribution in [0.15, 0.2) is 0 Å². The Morgan fingerprint density at radius 3 is 2.29 bits per heavy atom. The van der Waals surface area contributed by atoms with Crippen LogP contribution in [0.2, 0.25) is 0 Å². The van der Waals surface area contributed by atoms with Crippen molar-refractivity contribution in [3.8, 4) is 0 Å². The molecule has 1 unspecified atom stereocenters. The Hall–Kier alpha value is -1.08. The molecule has 0 rings (SSSR count). The number of rotatable bonds is 3. The Morgan fingerprint density at radius 2 is 2.29 bits per heavy atom. The Balaban J connectivity index is 2.99. The first-order valence-corrected chi connectivity index (χ1v) is 3.05. The molecule has 0 aliphatic carbocycles. The second kappa shape index (κ2) is 3.12. The number of hydrogen-bond acceptors (Lipinski definition) is 2. The summed E-state index contributed by atoms with van der Waals surface area (Å²) in [5, 5.41) is 4.81. The Labute approximate surface area is 37.7 Å². The van der Waals surface area contributed by atoms with Gasteiger partial charge in [-0.15, -0.1) is 0 Å². The summed E-state index contributed by atoms with van der Waals surface area (Å²) in [5.74, 6) is 0. The SMILES string of the molecule is CCC(OC)[O][Md]. The molecule has 0 spiro atoms. The molecule has 0 amide bonds. The van der Waals surface area contributed by atoms with E-state index >= 15 is 0 Å². The van der Waals surface area contributed by atoms with E-state index in [9.17, 15) is 0 Å². The van der Waals surface area contributed by atoms with E-state index in [1.807, 2.05) is 6.92 Å². The van der Waals surface area contributed by atoms with Gasteiger partial charge in [-0.1, -0.05) is 0 Å². The van der Waals surface area contributed by atoms with Crippen molar-refractivity contribution in [2.45, 2.75) is 19.6 Å². The molecule has 7 heavy (non-hydrogen) atoms. The van der Waals surface area contributed by atoms with Crippen LogP contribution in [0, 0.1) is 0 Å². The number of hydrogen-bond donors (Lipinski definition) is 0. The zero-order chi connectivity index (χ0) is 5.70. The first kappa shape index (κ1) is 5.92. The molecular weight excluding hydrogens is 338 g/mol. The standard InChI is InChI=1S/C4H9O2.Md/c1-3-4(5)6-2;/h4H,3H2,1-2H3;/q-1;+1. The topological polar surface area (TPSA) is 18.5 Å². The summed E-state index contributed by atoms with van der Waals surface area (Å²) in [4.78, 5) is 0. The van der Waals surface area contributed by atoms with E-state index in [0.29, 0.717) is 0 Å². The summed E-state index contributed by atoms with van der Waals surface area (Å²) in [7, 11) is 1.63. The van der Waals surface area contributed by atoms with Crippen molar-refractivity contribution in [2.24, 2.45) is 0 Å². The van der Waals surface area contributed by atoms with Crippen LogP contribution in [0.1, 0.15) is 13.3 Å². The molecule has 0 saturated carbocycles. The van der Waals surface area contributed by atoms with Gasteiger partial charge in [0.05, 0.1) is 0 Å². The third-order valence-electron chi connectivity index (χ3n) is 0.669. The fraction of sp³-hybridized carbons (Fsp3) is 1.00. The second-order valence-electron chi connectivity index (χ2n) is 1.14. The van der Waals surface area contributed by atoms with E-state index in [1.54, 1.807) is 7.11 Å². The normalized spacial score (nSPS) is 14.3. The molecule has 50 valence electrons. The van der Waals surface area contributed by atoms with Crippen molar-refractivity contribution in [3.05, 3.63) is 0 Å². The van der Waals surface area contributed by atoms with Crippen LogP contribution in [0.3, 0.4) is 0 Å². The van der Waals surface area contributed by atoms with Gasteiger partial charge < -0.3 is 0 Å². The van der Waals surface area contributed by atoms with Crippen molar-refractivity contribution in [1.29, 1.82) is 0 Å². The summed E-state index contributed by atoms with van der Waals surface area (Å²) >= 11 is 0. The third-order valence-corrected chi connectivity index (χ3v) is 1.28. The van der Waals surface area contributed by atoms with Crippen molar-refractivity contribution in [2.75, 3.05) is 7.11 Å². The van der Waals surface area contributed by atoms with Gasteiger partial charge in [0, 0.05) is 0 Å². The van der Waals surface area contributed by atoms with Gasteiger partial charge in [-0.2, -0.15) is 0 Å². The first-order chi connectivity index (χ1) is 3.35. The van der Waals surface area contributed by atoms with Crippen LogP contribution in [0.4, 0.5) is 0 Å². The predicted molar refractivity (Wildman–Crippen MR) is 22.2 cm³/mol. The van der Waals surface area contributed by atoms with Crippen molar-refractivity contribution >= 4 is 0 Å². The van der Waals surface area contributed by atoms with Gasteiger partial charge in [-0.05, 0) is 0 Å². The molecule has 1 atom stereocenters. The molecule has 0 bridgehead atoms. The Bertz CT molecular complexity index is 31.2. The molecule has 0 aromatic heterocycles. The molecule has 0 aliphatic rings. The average molecular weight is 347 g/mol. The fourth-order valence-corrected chi connectivity index (χ4v) is 0.847. The molecule has 0 aromatic carbocycles. The van der Waals surface area contributed by atoms with Crippen LogP contribution in [-0.2, 0) is 9.84 Å². The van der Waals surface area contributed by atoms with Gasteiger partial charge in [0.15, 0.2) is 0 Å². The maximum absolute atomic E-state index is 4.82.